The predicted octanol–water partition coefficient (Wildman–Crippen LogP) is 8.66. The fourth-order valence-corrected chi connectivity index (χ4v) is 11.9. The van der Waals surface area contributed by atoms with Crippen LogP contribution in [0, 0.1) is 0 Å². The average Bonchev–Trinajstić information content (AvgIpc) is 3.36. The number of hydrogen-bond acceptors (Lipinski definition) is 18. The Labute approximate surface area is 518 Å². The molecule has 0 radical (unpaired) electrons. The summed E-state index contributed by atoms with van der Waals surface area (Å²) < 4.78 is 34.3. The number of amides is 1. The van der Waals surface area contributed by atoms with E-state index in [4.69, 9.17) is 28.4 Å². The minimum atomic E-state index is -1.98. The molecule has 3 aliphatic heterocycles. The van der Waals surface area contributed by atoms with Crippen LogP contribution in [0.2, 0.25) is 0 Å². The highest BCUT2D eigenvalue weighted by Crippen LogP contribution is 2.33. The average molecular weight is 1230 g/mol. The van der Waals surface area contributed by atoms with Crippen molar-refractivity contribution >= 4 is 5.91 Å². The summed E-state index contributed by atoms with van der Waals surface area (Å²) in [5.74, 6) is -0.282. The van der Waals surface area contributed by atoms with Gasteiger partial charge < -0.3 is 89.9 Å². The molecule has 17 atom stereocenters. The Bertz CT molecular complexity index is 1660. The lowest BCUT2D eigenvalue weighted by atomic mass is 9.96. The maximum absolute atomic E-state index is 13.4. The number of hydrogen-bond donors (Lipinski definition) is 12. The Morgan fingerprint density at radius 2 is 0.744 bits per heavy atom. The number of allylic oxidation sites excluding steroid dienone is 3. The van der Waals surface area contributed by atoms with Gasteiger partial charge in [0.25, 0.3) is 0 Å². The Morgan fingerprint density at radius 1 is 0.407 bits per heavy atom. The summed E-state index contributed by atoms with van der Waals surface area (Å²) in [5.41, 5.74) is 0. The lowest BCUT2D eigenvalue weighted by Crippen LogP contribution is -2.66. The van der Waals surface area contributed by atoms with Gasteiger partial charge in [-0.15, -0.1) is 0 Å². The van der Waals surface area contributed by atoms with Crippen molar-refractivity contribution < 1.29 is 89.4 Å². The maximum Gasteiger partial charge on any atom is 0.220 e. The van der Waals surface area contributed by atoms with Gasteiger partial charge in [-0.05, 0) is 32.1 Å². The van der Waals surface area contributed by atoms with E-state index in [1.54, 1.807) is 6.08 Å². The fourth-order valence-electron chi connectivity index (χ4n) is 11.9. The lowest BCUT2D eigenvalue weighted by molar-refractivity contribution is -0.379. The van der Waals surface area contributed by atoms with Gasteiger partial charge in [-0.2, -0.15) is 0 Å². The van der Waals surface area contributed by atoms with E-state index < -0.39 is 124 Å². The van der Waals surface area contributed by atoms with E-state index in [-0.39, 0.29) is 18.9 Å². The van der Waals surface area contributed by atoms with Crippen LogP contribution in [0.3, 0.4) is 0 Å². The highest BCUT2D eigenvalue weighted by atomic mass is 16.8. The Kier molecular flexibility index (Phi) is 45.6. The lowest BCUT2D eigenvalue weighted by Gasteiger charge is -2.48. The molecule has 0 bridgehead atoms. The molecule has 3 aliphatic rings. The number of ether oxygens (including phenoxy) is 6. The van der Waals surface area contributed by atoms with Crippen LogP contribution in [-0.4, -0.2) is 193 Å². The standard InChI is InChI=1S/C67H125NO18/c1-3-5-7-9-11-13-15-17-18-19-20-21-22-23-24-25-26-27-28-29-30-31-32-33-35-37-39-41-43-45-55(73)68-50(51(72)44-42-40-38-36-34-16-14-12-10-8-6-4-2)49-81-65-61(79)58(76)63(53(47-70)83-65)86-67-62(80)59(77)64(54(48-71)84-67)85-66-60(78)57(75)56(74)52(46-69)82-66/h34,36,42,44,50-54,56-67,69-72,74-80H,3-33,35,37-41,43,45-49H2,1-2H3,(H,68,73)/b36-34+,44-42+. The predicted molar refractivity (Wildman–Crippen MR) is 333 cm³/mol. The first-order chi connectivity index (χ1) is 41.8. The second-order valence-electron chi connectivity index (χ2n) is 25.0. The van der Waals surface area contributed by atoms with Gasteiger partial charge in [0.1, 0.15) is 73.2 Å². The molecule has 0 aromatic carbocycles. The molecule has 19 heteroatoms. The van der Waals surface area contributed by atoms with E-state index in [1.807, 2.05) is 6.08 Å². The molecule has 0 saturated carbocycles. The first-order valence-electron chi connectivity index (χ1n) is 34.6. The molecule has 0 aromatic rings. The fraction of sp³-hybridized carbons (Fsp3) is 0.925. The molecule has 12 N–H and O–H groups in total. The zero-order valence-electron chi connectivity index (χ0n) is 53.3. The van der Waals surface area contributed by atoms with Crippen molar-refractivity contribution in [3.05, 3.63) is 24.3 Å². The highest BCUT2D eigenvalue weighted by molar-refractivity contribution is 5.76. The number of carbonyl (C=O) groups excluding carboxylic acids is 1. The van der Waals surface area contributed by atoms with Crippen LogP contribution in [0.4, 0.5) is 0 Å². The molecule has 3 saturated heterocycles. The summed E-state index contributed by atoms with van der Waals surface area (Å²) in [6, 6.07) is -0.985. The summed E-state index contributed by atoms with van der Waals surface area (Å²) >= 11 is 0. The van der Waals surface area contributed by atoms with Crippen molar-refractivity contribution in [2.24, 2.45) is 0 Å². The summed E-state index contributed by atoms with van der Waals surface area (Å²) in [4.78, 5) is 13.4. The molecule has 86 heavy (non-hydrogen) atoms. The molecular weight excluding hydrogens is 1110 g/mol. The van der Waals surface area contributed by atoms with Gasteiger partial charge in [0.05, 0.1) is 38.6 Å². The molecular formula is C67H125NO18. The van der Waals surface area contributed by atoms with Gasteiger partial charge in [-0.25, -0.2) is 0 Å². The third-order valence-corrected chi connectivity index (χ3v) is 17.5. The normalized spacial score (nSPS) is 28.9. The van der Waals surface area contributed by atoms with Crippen LogP contribution in [0.25, 0.3) is 0 Å². The van der Waals surface area contributed by atoms with Crippen LogP contribution in [0.15, 0.2) is 24.3 Å². The molecule has 17 unspecified atom stereocenters. The number of aliphatic hydroxyl groups is 11. The molecule has 0 aliphatic carbocycles. The van der Waals surface area contributed by atoms with Crippen molar-refractivity contribution in [1.82, 2.24) is 5.32 Å². The largest absolute Gasteiger partial charge is 0.394 e. The molecule has 19 nitrogen and oxygen atoms in total. The minimum Gasteiger partial charge on any atom is -0.394 e. The van der Waals surface area contributed by atoms with Crippen LogP contribution in [0.5, 0.6) is 0 Å². The van der Waals surface area contributed by atoms with E-state index in [0.717, 1.165) is 38.5 Å². The number of unbranched alkanes of at least 4 members (excludes halogenated alkanes) is 35. The monoisotopic (exact) mass is 1230 g/mol. The van der Waals surface area contributed by atoms with Crippen molar-refractivity contribution in [3.8, 4) is 0 Å². The first-order valence-corrected chi connectivity index (χ1v) is 34.6. The highest BCUT2D eigenvalue weighted by Gasteiger charge is 2.53. The summed E-state index contributed by atoms with van der Waals surface area (Å²) in [7, 11) is 0. The third-order valence-electron chi connectivity index (χ3n) is 17.5. The van der Waals surface area contributed by atoms with E-state index in [9.17, 15) is 61.0 Å². The molecule has 3 rings (SSSR count). The Balaban J connectivity index is 1.38. The molecule has 506 valence electrons. The first kappa shape index (κ1) is 78.5. The summed E-state index contributed by atoms with van der Waals surface area (Å²) in [6.45, 7) is 1.71. The van der Waals surface area contributed by atoms with Gasteiger partial charge in [-0.1, -0.05) is 250 Å². The van der Waals surface area contributed by atoms with E-state index in [0.29, 0.717) is 12.8 Å². The number of aliphatic hydroxyl groups excluding tert-OH is 11. The van der Waals surface area contributed by atoms with Crippen molar-refractivity contribution in [3.63, 3.8) is 0 Å². The van der Waals surface area contributed by atoms with Crippen molar-refractivity contribution in [2.75, 3.05) is 26.4 Å². The molecule has 3 heterocycles. The number of carbonyl (C=O) groups is 1. The summed E-state index contributed by atoms with van der Waals surface area (Å²) in [6.07, 6.45) is 29.0. The van der Waals surface area contributed by atoms with Crippen molar-refractivity contribution in [1.29, 1.82) is 0 Å². The topological polar surface area (TPSA) is 307 Å². The van der Waals surface area contributed by atoms with Gasteiger partial charge in [0.15, 0.2) is 18.9 Å². The zero-order chi connectivity index (χ0) is 62.6. The van der Waals surface area contributed by atoms with Crippen LogP contribution in [-0.2, 0) is 33.2 Å². The molecule has 3 fully saturated rings. The van der Waals surface area contributed by atoms with Gasteiger partial charge in [-0.3, -0.25) is 4.79 Å². The van der Waals surface area contributed by atoms with Crippen LogP contribution < -0.4 is 5.32 Å². The Morgan fingerprint density at radius 3 is 1.16 bits per heavy atom. The van der Waals surface area contributed by atoms with Gasteiger partial charge in [0, 0.05) is 6.42 Å². The number of rotatable bonds is 53. The van der Waals surface area contributed by atoms with E-state index >= 15 is 0 Å². The maximum atomic E-state index is 13.4. The van der Waals surface area contributed by atoms with Gasteiger partial charge in [0.2, 0.25) is 5.91 Å². The van der Waals surface area contributed by atoms with E-state index in [2.05, 4.69) is 31.3 Å². The molecule has 0 spiro atoms. The van der Waals surface area contributed by atoms with E-state index in [1.165, 1.54) is 193 Å². The van der Waals surface area contributed by atoms with Crippen LogP contribution in [0.1, 0.15) is 264 Å². The SMILES string of the molecule is CCCCCCCC/C=C/CC/C=C/C(O)C(COC1OC(CO)C(OC2OC(CO)C(OC3OC(CO)C(O)C(O)C3O)C(O)C2O)C(O)C1O)NC(=O)CCCCCCCCCCCCCCCCCCCCCCCCCCCCCCC. The third kappa shape index (κ3) is 32.0. The Hall–Kier alpha value is -1.73. The number of nitrogens with one attached hydrogen (secondary N) is 1. The molecule has 0 aromatic heterocycles. The van der Waals surface area contributed by atoms with Crippen molar-refractivity contribution in [2.45, 2.75) is 369 Å². The minimum absolute atomic E-state index is 0.240. The quantitative estimate of drug-likeness (QED) is 0.0200. The zero-order valence-corrected chi connectivity index (χ0v) is 53.3. The molecule has 1 amide bonds. The second kappa shape index (κ2) is 49.9. The van der Waals surface area contributed by atoms with Crippen LogP contribution >= 0.6 is 0 Å². The second-order valence-corrected chi connectivity index (χ2v) is 25.0. The summed E-state index contributed by atoms with van der Waals surface area (Å²) in [5, 5.41) is 120. The van der Waals surface area contributed by atoms with Gasteiger partial charge >= 0.3 is 0 Å². The smallest absolute Gasteiger partial charge is 0.220 e.